The fraction of sp³-hybridized carbons (Fsp3) is 0.893. The van der Waals surface area contributed by atoms with Gasteiger partial charge in [0, 0.05) is 6.42 Å². The van der Waals surface area contributed by atoms with Crippen molar-refractivity contribution in [2.75, 3.05) is 0 Å². The van der Waals surface area contributed by atoms with Crippen molar-refractivity contribution in [1.82, 2.24) is 0 Å². The predicted octanol–water partition coefficient (Wildman–Crippen LogP) is 7.84. The summed E-state index contributed by atoms with van der Waals surface area (Å²) in [5, 5.41) is 0. The summed E-state index contributed by atoms with van der Waals surface area (Å²) in [5.41, 5.74) is 2.40. The lowest BCUT2D eigenvalue weighted by Gasteiger charge is -2.60. The fourth-order valence-corrected chi connectivity index (χ4v) is 9.01. The summed E-state index contributed by atoms with van der Waals surface area (Å²) in [6.45, 7) is 14.9. The number of carbonyl (C=O) groups excluding carboxylic acids is 1. The normalized spacial score (nSPS) is 45.4. The predicted molar refractivity (Wildman–Crippen MR) is 123 cm³/mol. The number of fused-ring (bicyclic) bond motifs is 5. The standard InChI is InChI=1S/C28H46O/c1-18(2)8-7-9-19(3)23-10-11-24-22-16-20(4)26-17-21(29)12-14-28(26,6)25(22)13-15-27(23,24)5/h17-20,22-25H,7-16H2,1-6H3/t19-,20?,22+,23-,24+,25+,27-,28-/m1/s1. The van der Waals surface area contributed by atoms with Crippen LogP contribution in [0, 0.1) is 52.3 Å². The van der Waals surface area contributed by atoms with Crippen LogP contribution in [-0.4, -0.2) is 5.78 Å². The van der Waals surface area contributed by atoms with Gasteiger partial charge in [0.25, 0.3) is 0 Å². The molecule has 0 heterocycles. The first kappa shape index (κ1) is 21.6. The quantitative estimate of drug-likeness (QED) is 0.461. The number of hydrogen-bond donors (Lipinski definition) is 0. The van der Waals surface area contributed by atoms with E-state index in [4.69, 9.17) is 0 Å². The van der Waals surface area contributed by atoms with E-state index in [9.17, 15) is 4.79 Å². The molecule has 3 fully saturated rings. The molecule has 8 atom stereocenters. The molecule has 0 spiro atoms. The molecule has 0 amide bonds. The number of rotatable bonds is 5. The van der Waals surface area contributed by atoms with E-state index in [2.05, 4.69) is 47.6 Å². The molecule has 3 saturated carbocycles. The van der Waals surface area contributed by atoms with E-state index >= 15 is 0 Å². The molecule has 4 aliphatic carbocycles. The van der Waals surface area contributed by atoms with E-state index in [-0.39, 0.29) is 0 Å². The SMILES string of the molecule is CC(C)CCC[C@@H](C)[C@H]1CC[C@H]2[C@@H]3CC(C)C4=CC(=O)CC[C@]4(C)[C@H]3CC[C@]12C. The monoisotopic (exact) mass is 398 g/mol. The summed E-state index contributed by atoms with van der Waals surface area (Å²) in [5.74, 6) is 6.32. The smallest absolute Gasteiger partial charge is 0.155 e. The lowest BCUT2D eigenvalue weighted by Crippen LogP contribution is -2.52. The molecule has 0 aromatic heterocycles. The maximum Gasteiger partial charge on any atom is 0.155 e. The Morgan fingerprint density at radius 1 is 1.03 bits per heavy atom. The summed E-state index contributed by atoms with van der Waals surface area (Å²) in [6.07, 6.45) is 15.3. The van der Waals surface area contributed by atoms with Crippen LogP contribution in [0.4, 0.5) is 0 Å². The highest BCUT2D eigenvalue weighted by molar-refractivity contribution is 5.91. The number of hydrogen-bond acceptors (Lipinski definition) is 1. The van der Waals surface area contributed by atoms with Gasteiger partial charge in [-0.1, -0.05) is 66.4 Å². The van der Waals surface area contributed by atoms with E-state index in [1.165, 1.54) is 56.9 Å². The molecule has 4 aliphatic rings. The van der Waals surface area contributed by atoms with Crippen molar-refractivity contribution in [3.63, 3.8) is 0 Å². The van der Waals surface area contributed by atoms with Gasteiger partial charge in [0.1, 0.15) is 0 Å². The van der Waals surface area contributed by atoms with Crippen LogP contribution in [0.15, 0.2) is 11.6 Å². The lowest BCUT2D eigenvalue weighted by atomic mass is 9.45. The molecule has 1 unspecified atom stereocenters. The Hall–Kier alpha value is -0.590. The van der Waals surface area contributed by atoms with E-state index in [1.807, 2.05) is 0 Å². The molecule has 0 N–H and O–H groups in total. The number of ketones is 1. The van der Waals surface area contributed by atoms with Crippen LogP contribution in [-0.2, 0) is 4.79 Å². The van der Waals surface area contributed by atoms with E-state index in [0.717, 1.165) is 48.3 Å². The second-order valence-corrected chi connectivity index (χ2v) is 12.5. The molecule has 0 saturated heterocycles. The van der Waals surface area contributed by atoms with Gasteiger partial charge in [-0.2, -0.15) is 0 Å². The minimum absolute atomic E-state index is 0.304. The topological polar surface area (TPSA) is 17.1 Å². The Bertz CT molecular complexity index is 659. The molecule has 0 aromatic carbocycles. The third kappa shape index (κ3) is 3.57. The third-order valence-electron chi connectivity index (χ3n) is 10.5. The maximum absolute atomic E-state index is 12.2. The Morgan fingerprint density at radius 2 is 1.79 bits per heavy atom. The lowest BCUT2D eigenvalue weighted by molar-refractivity contribution is -0.118. The molecular weight excluding hydrogens is 352 g/mol. The van der Waals surface area contributed by atoms with Crippen LogP contribution in [0.25, 0.3) is 0 Å². The molecule has 0 aromatic rings. The molecule has 1 nitrogen and oxygen atoms in total. The Kier molecular flexibility index (Phi) is 5.84. The molecule has 0 aliphatic heterocycles. The van der Waals surface area contributed by atoms with Gasteiger partial charge in [0.05, 0.1) is 0 Å². The van der Waals surface area contributed by atoms with Gasteiger partial charge in [-0.05, 0) is 96.9 Å². The Morgan fingerprint density at radius 3 is 2.52 bits per heavy atom. The zero-order chi connectivity index (χ0) is 21.0. The Balaban J connectivity index is 1.53. The van der Waals surface area contributed by atoms with Gasteiger partial charge in [-0.25, -0.2) is 0 Å². The zero-order valence-electron chi connectivity index (χ0n) is 20.1. The molecule has 0 bridgehead atoms. The van der Waals surface area contributed by atoms with Crippen LogP contribution < -0.4 is 0 Å². The molecular formula is C28H46O. The van der Waals surface area contributed by atoms with Crippen molar-refractivity contribution < 1.29 is 4.79 Å². The van der Waals surface area contributed by atoms with Crippen molar-refractivity contribution in [2.24, 2.45) is 52.3 Å². The van der Waals surface area contributed by atoms with E-state index < -0.39 is 0 Å². The van der Waals surface area contributed by atoms with Gasteiger partial charge in [0.2, 0.25) is 0 Å². The van der Waals surface area contributed by atoms with Gasteiger partial charge >= 0.3 is 0 Å². The molecule has 164 valence electrons. The van der Waals surface area contributed by atoms with Gasteiger partial charge in [-0.15, -0.1) is 0 Å². The summed E-state index contributed by atoms with van der Waals surface area (Å²) in [7, 11) is 0. The maximum atomic E-state index is 12.2. The summed E-state index contributed by atoms with van der Waals surface area (Å²) >= 11 is 0. The van der Waals surface area contributed by atoms with E-state index in [1.54, 1.807) is 0 Å². The van der Waals surface area contributed by atoms with Crippen molar-refractivity contribution in [3.8, 4) is 0 Å². The van der Waals surface area contributed by atoms with E-state index in [0.29, 0.717) is 22.5 Å². The third-order valence-corrected chi connectivity index (χ3v) is 10.5. The fourth-order valence-electron chi connectivity index (χ4n) is 9.01. The second-order valence-electron chi connectivity index (χ2n) is 12.5. The summed E-state index contributed by atoms with van der Waals surface area (Å²) in [4.78, 5) is 12.2. The van der Waals surface area contributed by atoms with Crippen LogP contribution in [0.3, 0.4) is 0 Å². The van der Waals surface area contributed by atoms with Crippen LogP contribution in [0.5, 0.6) is 0 Å². The number of allylic oxidation sites excluding steroid dienone is 1. The average molecular weight is 399 g/mol. The first-order chi connectivity index (χ1) is 13.7. The van der Waals surface area contributed by atoms with Crippen LogP contribution in [0.2, 0.25) is 0 Å². The van der Waals surface area contributed by atoms with Crippen molar-refractivity contribution in [2.45, 2.75) is 106 Å². The highest BCUT2D eigenvalue weighted by Crippen LogP contribution is 2.68. The highest BCUT2D eigenvalue weighted by atomic mass is 16.1. The van der Waals surface area contributed by atoms with Crippen LogP contribution >= 0.6 is 0 Å². The number of carbonyl (C=O) groups is 1. The first-order valence-corrected chi connectivity index (χ1v) is 12.9. The summed E-state index contributed by atoms with van der Waals surface area (Å²) in [6, 6.07) is 0. The molecule has 1 heteroatoms. The average Bonchev–Trinajstić information content (AvgIpc) is 3.00. The summed E-state index contributed by atoms with van der Waals surface area (Å²) < 4.78 is 0. The minimum Gasteiger partial charge on any atom is -0.295 e. The zero-order valence-corrected chi connectivity index (χ0v) is 20.1. The van der Waals surface area contributed by atoms with Gasteiger partial charge in [0.15, 0.2) is 5.78 Å². The largest absolute Gasteiger partial charge is 0.295 e. The second kappa shape index (κ2) is 7.83. The van der Waals surface area contributed by atoms with Gasteiger partial charge in [-0.3, -0.25) is 4.79 Å². The molecule has 4 rings (SSSR count). The van der Waals surface area contributed by atoms with Crippen LogP contribution in [0.1, 0.15) is 106 Å². The Labute approximate surface area is 180 Å². The molecule has 29 heavy (non-hydrogen) atoms. The molecule has 0 radical (unpaired) electrons. The minimum atomic E-state index is 0.304. The first-order valence-electron chi connectivity index (χ1n) is 12.9. The van der Waals surface area contributed by atoms with Crippen molar-refractivity contribution >= 4 is 5.78 Å². The van der Waals surface area contributed by atoms with Gasteiger partial charge < -0.3 is 0 Å². The highest BCUT2D eigenvalue weighted by Gasteiger charge is 2.60. The van der Waals surface area contributed by atoms with Crippen molar-refractivity contribution in [1.29, 1.82) is 0 Å². The van der Waals surface area contributed by atoms with Crippen molar-refractivity contribution in [3.05, 3.63) is 11.6 Å².